The zero-order valence-electron chi connectivity index (χ0n) is 13.4. The Hall–Kier alpha value is -2.34. The molecule has 0 radical (unpaired) electrons. The fourth-order valence-corrected chi connectivity index (χ4v) is 3.60. The van der Waals surface area contributed by atoms with Gasteiger partial charge in [-0.1, -0.05) is 31.2 Å². The van der Waals surface area contributed by atoms with Crippen LogP contribution in [0, 0.1) is 13.8 Å². The van der Waals surface area contributed by atoms with Crippen molar-refractivity contribution in [2.24, 2.45) is 5.73 Å². The van der Waals surface area contributed by atoms with Crippen molar-refractivity contribution in [2.75, 3.05) is 4.72 Å². The van der Waals surface area contributed by atoms with Crippen molar-refractivity contribution in [2.45, 2.75) is 32.1 Å². The number of primary amides is 1. The highest BCUT2D eigenvalue weighted by atomic mass is 32.2. The normalized spacial score (nSPS) is 11.3. The molecule has 0 bridgehead atoms. The van der Waals surface area contributed by atoms with E-state index in [0.29, 0.717) is 17.7 Å². The van der Waals surface area contributed by atoms with Gasteiger partial charge in [0.15, 0.2) is 0 Å². The molecule has 0 aliphatic carbocycles. The van der Waals surface area contributed by atoms with Crippen LogP contribution >= 0.6 is 0 Å². The molecule has 0 unspecified atom stereocenters. The number of benzene rings is 2. The molecule has 0 spiro atoms. The summed E-state index contributed by atoms with van der Waals surface area (Å²) in [6.45, 7) is 5.52. The van der Waals surface area contributed by atoms with Gasteiger partial charge in [0.05, 0.1) is 10.6 Å². The van der Waals surface area contributed by atoms with Gasteiger partial charge in [-0.05, 0) is 49.1 Å². The SMILES string of the molecule is CCc1cccc(C)c1NS(=O)(=O)c1ccc(C)c(C(N)=O)c1. The maximum absolute atomic E-state index is 12.6. The molecule has 6 heteroatoms. The number of aryl methyl sites for hydroxylation is 3. The minimum atomic E-state index is -3.80. The molecule has 3 N–H and O–H groups in total. The number of carbonyl (C=O) groups excluding carboxylic acids is 1. The molecule has 122 valence electrons. The summed E-state index contributed by atoms with van der Waals surface area (Å²) < 4.78 is 27.9. The molecule has 23 heavy (non-hydrogen) atoms. The van der Waals surface area contributed by atoms with Gasteiger partial charge in [-0.2, -0.15) is 0 Å². The minimum Gasteiger partial charge on any atom is -0.366 e. The van der Waals surface area contributed by atoms with E-state index < -0.39 is 15.9 Å². The smallest absolute Gasteiger partial charge is 0.261 e. The Morgan fingerprint density at radius 1 is 1.13 bits per heavy atom. The summed E-state index contributed by atoms with van der Waals surface area (Å²) in [5.74, 6) is -0.648. The van der Waals surface area contributed by atoms with Crippen molar-refractivity contribution in [3.05, 3.63) is 58.7 Å². The summed E-state index contributed by atoms with van der Waals surface area (Å²) in [4.78, 5) is 11.4. The predicted octanol–water partition coefficient (Wildman–Crippen LogP) is 2.77. The molecular formula is C17H20N2O3S. The predicted molar refractivity (Wildman–Crippen MR) is 91.1 cm³/mol. The molecule has 2 aromatic rings. The highest BCUT2D eigenvalue weighted by Crippen LogP contribution is 2.25. The van der Waals surface area contributed by atoms with Crippen molar-refractivity contribution in [3.63, 3.8) is 0 Å². The average Bonchev–Trinajstić information content (AvgIpc) is 2.49. The lowest BCUT2D eigenvalue weighted by atomic mass is 10.1. The number of amides is 1. The van der Waals surface area contributed by atoms with Gasteiger partial charge in [-0.25, -0.2) is 8.42 Å². The van der Waals surface area contributed by atoms with Gasteiger partial charge in [0.2, 0.25) is 5.91 Å². The molecule has 0 saturated heterocycles. The first-order valence-corrected chi connectivity index (χ1v) is 8.76. The van der Waals surface area contributed by atoms with E-state index in [2.05, 4.69) is 4.72 Å². The Labute approximate surface area is 136 Å². The third-order valence-corrected chi connectivity index (χ3v) is 5.11. The third kappa shape index (κ3) is 3.53. The van der Waals surface area contributed by atoms with E-state index in [0.717, 1.165) is 11.1 Å². The zero-order valence-corrected chi connectivity index (χ0v) is 14.2. The highest BCUT2D eigenvalue weighted by Gasteiger charge is 2.19. The van der Waals surface area contributed by atoms with E-state index in [1.165, 1.54) is 12.1 Å². The van der Waals surface area contributed by atoms with Gasteiger partial charge < -0.3 is 5.73 Å². The van der Waals surface area contributed by atoms with Gasteiger partial charge >= 0.3 is 0 Å². The van der Waals surface area contributed by atoms with Gasteiger partial charge in [-0.3, -0.25) is 9.52 Å². The molecule has 0 aliphatic heterocycles. The van der Waals surface area contributed by atoms with Gasteiger partial charge in [0.1, 0.15) is 0 Å². The highest BCUT2D eigenvalue weighted by molar-refractivity contribution is 7.92. The van der Waals surface area contributed by atoms with Crippen molar-refractivity contribution in [1.82, 2.24) is 0 Å². The number of hydrogen-bond acceptors (Lipinski definition) is 3. The number of rotatable bonds is 5. The number of carbonyl (C=O) groups is 1. The minimum absolute atomic E-state index is 0.0159. The van der Waals surface area contributed by atoms with E-state index in [4.69, 9.17) is 5.73 Å². The molecule has 0 fully saturated rings. The van der Waals surface area contributed by atoms with Crippen molar-refractivity contribution < 1.29 is 13.2 Å². The second-order valence-corrected chi connectivity index (χ2v) is 7.09. The lowest BCUT2D eigenvalue weighted by Gasteiger charge is -2.15. The Kier molecular flexibility index (Phi) is 4.75. The first kappa shape index (κ1) is 17.0. The molecule has 2 aromatic carbocycles. The van der Waals surface area contributed by atoms with Crippen LogP contribution in [0.15, 0.2) is 41.3 Å². The Bertz CT molecular complexity index is 858. The fourth-order valence-electron chi connectivity index (χ4n) is 2.40. The van der Waals surface area contributed by atoms with E-state index in [1.807, 2.05) is 32.0 Å². The molecule has 1 amide bonds. The number of nitrogens with two attached hydrogens (primary N) is 1. The number of anilines is 1. The quantitative estimate of drug-likeness (QED) is 0.882. The first-order valence-electron chi connectivity index (χ1n) is 7.28. The van der Waals surface area contributed by atoms with Gasteiger partial charge in [0.25, 0.3) is 10.0 Å². The Balaban J connectivity index is 2.49. The van der Waals surface area contributed by atoms with Crippen LogP contribution < -0.4 is 10.5 Å². The van der Waals surface area contributed by atoms with Crippen LogP contribution in [0.1, 0.15) is 34.0 Å². The molecular weight excluding hydrogens is 312 g/mol. The van der Waals surface area contributed by atoms with E-state index >= 15 is 0 Å². The first-order chi connectivity index (χ1) is 10.8. The zero-order chi connectivity index (χ0) is 17.2. The van der Waals surface area contributed by atoms with E-state index in [1.54, 1.807) is 13.0 Å². The summed E-state index contributed by atoms with van der Waals surface area (Å²) in [6, 6.07) is 9.98. The van der Waals surface area contributed by atoms with Crippen molar-refractivity contribution in [3.8, 4) is 0 Å². The van der Waals surface area contributed by atoms with Crippen LogP contribution in [-0.2, 0) is 16.4 Å². The summed E-state index contributed by atoms with van der Waals surface area (Å²) in [5, 5.41) is 0. The molecule has 0 heterocycles. The molecule has 0 aromatic heterocycles. The maximum Gasteiger partial charge on any atom is 0.261 e. The topological polar surface area (TPSA) is 89.3 Å². The Morgan fingerprint density at radius 2 is 1.83 bits per heavy atom. The second-order valence-electron chi connectivity index (χ2n) is 5.41. The Morgan fingerprint density at radius 3 is 2.43 bits per heavy atom. The lowest BCUT2D eigenvalue weighted by Crippen LogP contribution is -2.18. The van der Waals surface area contributed by atoms with Crippen molar-refractivity contribution >= 4 is 21.6 Å². The maximum atomic E-state index is 12.6. The van der Waals surface area contributed by atoms with E-state index in [9.17, 15) is 13.2 Å². The molecule has 0 aliphatic rings. The van der Waals surface area contributed by atoms with E-state index in [-0.39, 0.29) is 10.5 Å². The van der Waals surface area contributed by atoms with Crippen LogP contribution in [0.2, 0.25) is 0 Å². The number of para-hydroxylation sites is 1. The fraction of sp³-hybridized carbons (Fsp3) is 0.235. The van der Waals surface area contributed by atoms with Crippen LogP contribution in [0.25, 0.3) is 0 Å². The van der Waals surface area contributed by atoms with Gasteiger partial charge in [-0.15, -0.1) is 0 Å². The summed E-state index contributed by atoms with van der Waals surface area (Å²) in [5.41, 5.74) is 8.47. The number of hydrogen-bond donors (Lipinski definition) is 2. The van der Waals surface area contributed by atoms with Crippen LogP contribution in [0.4, 0.5) is 5.69 Å². The average molecular weight is 332 g/mol. The lowest BCUT2D eigenvalue weighted by molar-refractivity contribution is 0.0999. The number of nitrogens with one attached hydrogen (secondary N) is 1. The van der Waals surface area contributed by atoms with Crippen LogP contribution in [0.3, 0.4) is 0 Å². The molecule has 5 nitrogen and oxygen atoms in total. The van der Waals surface area contributed by atoms with Crippen molar-refractivity contribution in [1.29, 1.82) is 0 Å². The largest absolute Gasteiger partial charge is 0.366 e. The molecule has 0 atom stereocenters. The summed E-state index contributed by atoms with van der Waals surface area (Å²) in [7, 11) is -3.80. The molecule has 2 rings (SSSR count). The summed E-state index contributed by atoms with van der Waals surface area (Å²) in [6.07, 6.45) is 0.708. The van der Waals surface area contributed by atoms with Gasteiger partial charge in [0, 0.05) is 5.56 Å². The standard InChI is InChI=1S/C17H20N2O3S/c1-4-13-7-5-6-12(3)16(13)19-23(21,22)14-9-8-11(2)15(10-14)17(18)20/h5-10,19H,4H2,1-3H3,(H2,18,20). The second kappa shape index (κ2) is 6.42. The third-order valence-electron chi connectivity index (χ3n) is 3.76. The number of sulfonamides is 1. The molecule has 0 saturated carbocycles. The monoisotopic (exact) mass is 332 g/mol. The van der Waals surface area contributed by atoms with Crippen LogP contribution in [-0.4, -0.2) is 14.3 Å². The summed E-state index contributed by atoms with van der Waals surface area (Å²) >= 11 is 0. The van der Waals surface area contributed by atoms with Crippen LogP contribution in [0.5, 0.6) is 0 Å².